The Hall–Kier alpha value is -4.60. The summed E-state index contributed by atoms with van der Waals surface area (Å²) in [6.07, 6.45) is 0. The summed E-state index contributed by atoms with van der Waals surface area (Å²) >= 11 is 0. The van der Waals surface area contributed by atoms with Gasteiger partial charge in [-0.2, -0.15) is 0 Å². The summed E-state index contributed by atoms with van der Waals surface area (Å²) in [5.74, 6) is -1.17. The van der Waals surface area contributed by atoms with Gasteiger partial charge in [0.05, 0.1) is 34.6 Å². The van der Waals surface area contributed by atoms with Gasteiger partial charge in [0, 0.05) is 0 Å². The van der Waals surface area contributed by atoms with E-state index in [0.29, 0.717) is 0 Å². The maximum absolute atomic E-state index is 13.7. The summed E-state index contributed by atoms with van der Waals surface area (Å²) in [4.78, 5) is 51.4. The van der Waals surface area contributed by atoms with Gasteiger partial charge in [0.1, 0.15) is 13.2 Å². The average molecular weight is 492 g/mol. The fraction of sp³-hybridized carbons (Fsp3) is 0.154. The first-order valence-corrected chi connectivity index (χ1v) is 11.0. The van der Waals surface area contributed by atoms with E-state index in [-0.39, 0.29) is 59.3 Å². The highest BCUT2D eigenvalue weighted by atomic mass is 19.1. The fourth-order valence-corrected chi connectivity index (χ4v) is 4.10. The van der Waals surface area contributed by atoms with E-state index >= 15 is 0 Å². The monoisotopic (exact) mass is 492 g/mol. The summed E-state index contributed by atoms with van der Waals surface area (Å²) in [6, 6.07) is 14.0. The van der Waals surface area contributed by atoms with Gasteiger partial charge in [-0.25, -0.2) is 8.78 Å². The van der Waals surface area contributed by atoms with E-state index in [4.69, 9.17) is 9.47 Å². The van der Waals surface area contributed by atoms with Crippen LogP contribution in [0, 0.1) is 11.6 Å². The van der Waals surface area contributed by atoms with Crippen LogP contribution in [0.5, 0.6) is 11.5 Å². The van der Waals surface area contributed by atoms with Crippen molar-refractivity contribution in [3.63, 3.8) is 0 Å². The van der Waals surface area contributed by atoms with Crippen molar-refractivity contribution in [2.24, 2.45) is 0 Å². The molecule has 182 valence electrons. The minimum Gasteiger partial charge on any atom is -0.489 e. The van der Waals surface area contributed by atoms with Gasteiger partial charge in [0.25, 0.3) is 22.2 Å². The van der Waals surface area contributed by atoms with Crippen LogP contribution in [0.25, 0.3) is 21.5 Å². The van der Waals surface area contributed by atoms with Crippen LogP contribution in [0.3, 0.4) is 0 Å². The molecular formula is C26H18F2N2O6. The van der Waals surface area contributed by atoms with Gasteiger partial charge in [-0.3, -0.25) is 28.3 Å². The third-order valence-electron chi connectivity index (χ3n) is 5.88. The number of hydrogen-bond donors (Lipinski definition) is 0. The quantitative estimate of drug-likeness (QED) is 0.330. The lowest BCUT2D eigenvalue weighted by molar-refractivity contribution is 0.282. The van der Waals surface area contributed by atoms with Crippen molar-refractivity contribution in [3.8, 4) is 11.5 Å². The van der Waals surface area contributed by atoms with E-state index < -0.39 is 33.9 Å². The number of para-hydroxylation sites is 2. The molecule has 3 aromatic carbocycles. The highest BCUT2D eigenvalue weighted by Gasteiger charge is 2.19. The number of ether oxygens (including phenoxy) is 2. The molecule has 36 heavy (non-hydrogen) atoms. The number of fused-ring (bicyclic) bond motifs is 2. The normalized spacial score (nSPS) is 11.4. The van der Waals surface area contributed by atoms with Gasteiger partial charge in [0.2, 0.25) is 0 Å². The molecule has 5 rings (SSSR count). The van der Waals surface area contributed by atoms with Crippen LogP contribution in [0.2, 0.25) is 0 Å². The summed E-state index contributed by atoms with van der Waals surface area (Å²) < 4.78 is 39.9. The SMILES string of the molecule is O=c1c2cc3c(=O)n(CCOc4ccccc4F)c(=O)c3cc2c(=O)n1CCOc1ccccc1F. The van der Waals surface area contributed by atoms with E-state index in [1.807, 2.05) is 0 Å². The van der Waals surface area contributed by atoms with Gasteiger partial charge < -0.3 is 9.47 Å². The van der Waals surface area contributed by atoms with Gasteiger partial charge in [-0.15, -0.1) is 0 Å². The second kappa shape index (κ2) is 9.21. The zero-order valence-corrected chi connectivity index (χ0v) is 18.7. The van der Waals surface area contributed by atoms with Crippen LogP contribution in [-0.4, -0.2) is 22.3 Å². The standard InChI is InChI=1S/C26H18F2N2O6/c27-19-5-1-3-7-21(19)35-11-9-29-23(31)15-13-17-18(14-16(15)24(29)32)26(34)30(25(17)33)10-12-36-22-8-4-2-6-20(22)28/h1-8,13-14H,9-12H2. The Morgan fingerprint density at radius 3 is 1.22 bits per heavy atom. The number of aromatic nitrogens is 2. The molecule has 0 amide bonds. The molecule has 0 fully saturated rings. The highest BCUT2D eigenvalue weighted by molar-refractivity contribution is 5.97. The number of halogens is 2. The van der Waals surface area contributed by atoms with Gasteiger partial charge in [-0.05, 0) is 36.4 Å². The van der Waals surface area contributed by atoms with Crippen molar-refractivity contribution in [2.45, 2.75) is 13.1 Å². The van der Waals surface area contributed by atoms with Crippen molar-refractivity contribution >= 4 is 21.5 Å². The third kappa shape index (κ3) is 3.96. The third-order valence-corrected chi connectivity index (χ3v) is 5.88. The number of nitrogens with zero attached hydrogens (tertiary/aromatic N) is 2. The first kappa shape index (κ1) is 23.2. The predicted octanol–water partition coefficient (Wildman–Crippen LogP) is 2.35. The van der Waals surface area contributed by atoms with Crippen molar-refractivity contribution < 1.29 is 18.3 Å². The molecule has 0 aliphatic rings. The predicted molar refractivity (Wildman–Crippen MR) is 129 cm³/mol. The largest absolute Gasteiger partial charge is 0.489 e. The Morgan fingerprint density at radius 2 is 0.889 bits per heavy atom. The maximum atomic E-state index is 13.7. The first-order chi connectivity index (χ1) is 17.4. The molecule has 0 aliphatic heterocycles. The second-order valence-corrected chi connectivity index (χ2v) is 8.03. The van der Waals surface area contributed by atoms with Crippen LogP contribution in [0.15, 0.2) is 79.8 Å². The summed E-state index contributed by atoms with van der Waals surface area (Å²) in [6.45, 7) is -0.570. The highest BCUT2D eigenvalue weighted by Crippen LogP contribution is 2.17. The Balaban J connectivity index is 1.42. The van der Waals surface area contributed by atoms with Crippen LogP contribution in [0.4, 0.5) is 8.78 Å². The molecule has 2 aromatic heterocycles. The summed E-state index contributed by atoms with van der Waals surface area (Å²) in [5, 5.41) is -0.0176. The molecule has 0 radical (unpaired) electrons. The van der Waals surface area contributed by atoms with E-state index in [2.05, 4.69) is 0 Å². The molecule has 5 aromatic rings. The molecule has 0 bridgehead atoms. The van der Waals surface area contributed by atoms with E-state index in [1.165, 1.54) is 48.5 Å². The molecule has 0 aliphatic carbocycles. The fourth-order valence-electron chi connectivity index (χ4n) is 4.10. The minimum absolute atomic E-state index is 0.00440. The van der Waals surface area contributed by atoms with Crippen molar-refractivity contribution in [1.82, 2.24) is 9.13 Å². The molecule has 0 saturated heterocycles. The molecule has 0 N–H and O–H groups in total. The smallest absolute Gasteiger partial charge is 0.261 e. The summed E-state index contributed by atoms with van der Waals surface area (Å²) in [7, 11) is 0. The van der Waals surface area contributed by atoms with E-state index in [0.717, 1.165) is 9.13 Å². The Labute approximate surface area is 200 Å². The number of rotatable bonds is 8. The lowest BCUT2D eigenvalue weighted by atomic mass is 10.1. The van der Waals surface area contributed by atoms with Crippen LogP contribution >= 0.6 is 0 Å². The van der Waals surface area contributed by atoms with Crippen molar-refractivity contribution in [1.29, 1.82) is 0 Å². The van der Waals surface area contributed by atoms with Crippen molar-refractivity contribution in [2.75, 3.05) is 13.2 Å². The molecule has 2 heterocycles. The molecule has 0 saturated carbocycles. The van der Waals surface area contributed by atoms with E-state index in [1.54, 1.807) is 12.1 Å². The molecule has 8 nitrogen and oxygen atoms in total. The molecular weight excluding hydrogens is 474 g/mol. The van der Waals surface area contributed by atoms with Crippen molar-refractivity contribution in [3.05, 3.63) is 114 Å². The number of hydrogen-bond acceptors (Lipinski definition) is 6. The maximum Gasteiger partial charge on any atom is 0.261 e. The lowest BCUT2D eigenvalue weighted by Crippen LogP contribution is -2.28. The summed E-state index contributed by atoms with van der Waals surface area (Å²) in [5.41, 5.74) is -2.57. The van der Waals surface area contributed by atoms with Gasteiger partial charge in [0.15, 0.2) is 23.1 Å². The topological polar surface area (TPSA) is 96.6 Å². The van der Waals surface area contributed by atoms with Crippen LogP contribution in [0.1, 0.15) is 0 Å². The van der Waals surface area contributed by atoms with E-state index in [9.17, 15) is 28.0 Å². The second-order valence-electron chi connectivity index (χ2n) is 8.03. The van der Waals surface area contributed by atoms with Crippen LogP contribution < -0.4 is 31.7 Å². The molecule has 0 unspecified atom stereocenters. The zero-order valence-electron chi connectivity index (χ0n) is 18.7. The average Bonchev–Trinajstić information content (AvgIpc) is 3.25. The van der Waals surface area contributed by atoms with Crippen LogP contribution in [-0.2, 0) is 13.1 Å². The first-order valence-electron chi connectivity index (χ1n) is 11.0. The lowest BCUT2D eigenvalue weighted by Gasteiger charge is -2.06. The Morgan fingerprint density at radius 1 is 0.556 bits per heavy atom. The molecule has 0 spiro atoms. The van der Waals surface area contributed by atoms with Gasteiger partial charge in [-0.1, -0.05) is 24.3 Å². The van der Waals surface area contributed by atoms with Gasteiger partial charge >= 0.3 is 0 Å². The zero-order chi connectivity index (χ0) is 25.4. The Kier molecular flexibility index (Phi) is 5.93. The number of benzene rings is 3. The molecule has 10 heteroatoms. The minimum atomic E-state index is -0.642. The Bertz CT molecular complexity index is 1610. The molecule has 0 atom stereocenters.